The smallest absolute Gasteiger partial charge is 0.254 e. The Hall–Kier alpha value is -2.04. The summed E-state index contributed by atoms with van der Waals surface area (Å²) < 4.78 is 0. The monoisotopic (exact) mass is 278 g/mol. The standard InChI is InChI=1S/C15H22N2O3/c1-5-17(6-2)14(19)10-16(4)15(20)12-7-8-13(18)11(3)9-12/h7-9,18H,5-6,10H2,1-4H3. The molecule has 0 heterocycles. The summed E-state index contributed by atoms with van der Waals surface area (Å²) in [6.07, 6.45) is 0. The van der Waals surface area contributed by atoms with Gasteiger partial charge in [0.25, 0.3) is 5.91 Å². The van der Waals surface area contributed by atoms with E-state index in [9.17, 15) is 14.7 Å². The molecule has 0 bridgehead atoms. The van der Waals surface area contributed by atoms with E-state index in [1.807, 2.05) is 13.8 Å². The molecular weight excluding hydrogens is 256 g/mol. The average Bonchev–Trinajstić information content (AvgIpc) is 2.42. The van der Waals surface area contributed by atoms with Gasteiger partial charge in [-0.2, -0.15) is 0 Å². The number of hydrogen-bond donors (Lipinski definition) is 1. The first-order chi connectivity index (χ1) is 9.40. The summed E-state index contributed by atoms with van der Waals surface area (Å²) in [5.74, 6) is -0.140. The molecule has 0 aromatic heterocycles. The molecule has 1 rings (SSSR count). The first-order valence-corrected chi connectivity index (χ1v) is 6.73. The SMILES string of the molecule is CCN(CC)C(=O)CN(C)C(=O)c1ccc(O)c(C)c1. The summed E-state index contributed by atoms with van der Waals surface area (Å²) in [5.41, 5.74) is 1.11. The normalized spacial score (nSPS) is 10.2. The van der Waals surface area contributed by atoms with E-state index >= 15 is 0 Å². The van der Waals surface area contributed by atoms with Crippen molar-refractivity contribution in [1.82, 2.24) is 9.80 Å². The van der Waals surface area contributed by atoms with E-state index in [-0.39, 0.29) is 24.1 Å². The minimum Gasteiger partial charge on any atom is -0.508 e. The molecule has 0 spiro atoms. The van der Waals surface area contributed by atoms with Gasteiger partial charge in [0.15, 0.2) is 0 Å². The number of amides is 2. The van der Waals surface area contributed by atoms with E-state index in [0.29, 0.717) is 24.2 Å². The van der Waals surface area contributed by atoms with Crippen molar-refractivity contribution in [1.29, 1.82) is 0 Å². The van der Waals surface area contributed by atoms with Gasteiger partial charge in [0.1, 0.15) is 5.75 Å². The lowest BCUT2D eigenvalue weighted by molar-refractivity contribution is -0.131. The van der Waals surface area contributed by atoms with Crippen LogP contribution in [0.4, 0.5) is 0 Å². The van der Waals surface area contributed by atoms with Crippen molar-refractivity contribution in [2.45, 2.75) is 20.8 Å². The third-order valence-corrected chi connectivity index (χ3v) is 3.28. The lowest BCUT2D eigenvalue weighted by Crippen LogP contribution is -2.41. The molecule has 5 heteroatoms. The molecule has 1 N–H and O–H groups in total. The largest absolute Gasteiger partial charge is 0.508 e. The summed E-state index contributed by atoms with van der Waals surface area (Å²) in [7, 11) is 1.60. The van der Waals surface area contributed by atoms with Crippen molar-refractivity contribution in [3.05, 3.63) is 29.3 Å². The molecule has 110 valence electrons. The Bertz CT molecular complexity index is 496. The maximum atomic E-state index is 12.2. The van der Waals surface area contributed by atoms with Crippen LogP contribution in [0.2, 0.25) is 0 Å². The molecule has 0 aliphatic heterocycles. The number of benzene rings is 1. The average molecular weight is 278 g/mol. The van der Waals surface area contributed by atoms with Crippen LogP contribution in [-0.4, -0.2) is 53.4 Å². The lowest BCUT2D eigenvalue weighted by Gasteiger charge is -2.23. The van der Waals surface area contributed by atoms with Crippen LogP contribution in [0, 0.1) is 6.92 Å². The van der Waals surface area contributed by atoms with Gasteiger partial charge in [0.2, 0.25) is 5.91 Å². The predicted molar refractivity (Wildman–Crippen MR) is 77.7 cm³/mol. The second kappa shape index (κ2) is 6.93. The first-order valence-electron chi connectivity index (χ1n) is 6.73. The highest BCUT2D eigenvalue weighted by molar-refractivity contribution is 5.96. The van der Waals surface area contributed by atoms with Crippen LogP contribution in [0.25, 0.3) is 0 Å². The van der Waals surface area contributed by atoms with Crippen molar-refractivity contribution in [2.75, 3.05) is 26.7 Å². The molecule has 0 fully saturated rings. The fraction of sp³-hybridized carbons (Fsp3) is 0.467. The maximum absolute atomic E-state index is 12.2. The second-order valence-electron chi connectivity index (χ2n) is 4.73. The zero-order valence-corrected chi connectivity index (χ0v) is 12.5. The Morgan fingerprint density at radius 1 is 1.20 bits per heavy atom. The Morgan fingerprint density at radius 2 is 1.80 bits per heavy atom. The van der Waals surface area contributed by atoms with E-state index in [0.717, 1.165) is 0 Å². The van der Waals surface area contributed by atoms with Crippen LogP contribution < -0.4 is 0 Å². The molecule has 0 unspecified atom stereocenters. The van der Waals surface area contributed by atoms with E-state index in [2.05, 4.69) is 0 Å². The highest BCUT2D eigenvalue weighted by Crippen LogP contribution is 2.17. The fourth-order valence-electron chi connectivity index (χ4n) is 1.96. The van der Waals surface area contributed by atoms with Crippen LogP contribution in [0.3, 0.4) is 0 Å². The third-order valence-electron chi connectivity index (χ3n) is 3.28. The molecule has 0 aliphatic carbocycles. The van der Waals surface area contributed by atoms with Crippen LogP contribution in [0.15, 0.2) is 18.2 Å². The molecule has 0 atom stereocenters. The van der Waals surface area contributed by atoms with E-state index in [1.54, 1.807) is 31.0 Å². The molecular formula is C15H22N2O3. The van der Waals surface area contributed by atoms with E-state index in [4.69, 9.17) is 0 Å². The summed E-state index contributed by atoms with van der Waals surface area (Å²) in [6.45, 7) is 6.87. The number of nitrogens with zero attached hydrogens (tertiary/aromatic N) is 2. The molecule has 5 nitrogen and oxygen atoms in total. The summed E-state index contributed by atoms with van der Waals surface area (Å²) in [6, 6.07) is 4.67. The second-order valence-corrected chi connectivity index (χ2v) is 4.73. The number of likely N-dealkylation sites (N-methyl/N-ethyl adjacent to an activating group) is 2. The van der Waals surface area contributed by atoms with Gasteiger partial charge in [0.05, 0.1) is 6.54 Å². The predicted octanol–water partition coefficient (Wildman–Crippen LogP) is 1.64. The Balaban J connectivity index is 2.76. The molecule has 20 heavy (non-hydrogen) atoms. The van der Waals surface area contributed by atoms with Gasteiger partial charge < -0.3 is 14.9 Å². The van der Waals surface area contributed by atoms with Crippen LogP contribution >= 0.6 is 0 Å². The van der Waals surface area contributed by atoms with Crippen molar-refractivity contribution >= 4 is 11.8 Å². The van der Waals surface area contributed by atoms with Crippen LogP contribution in [0.5, 0.6) is 5.75 Å². The number of aryl methyl sites for hydroxylation is 1. The topological polar surface area (TPSA) is 60.9 Å². The quantitative estimate of drug-likeness (QED) is 0.890. The Kier molecular flexibility index (Phi) is 5.55. The van der Waals surface area contributed by atoms with Crippen molar-refractivity contribution in [3.8, 4) is 5.75 Å². The summed E-state index contributed by atoms with van der Waals surface area (Å²) in [5, 5.41) is 9.46. The Morgan fingerprint density at radius 3 is 2.30 bits per heavy atom. The molecule has 0 radical (unpaired) electrons. The van der Waals surface area contributed by atoms with Crippen molar-refractivity contribution < 1.29 is 14.7 Å². The van der Waals surface area contributed by atoms with Gasteiger partial charge in [-0.25, -0.2) is 0 Å². The van der Waals surface area contributed by atoms with Gasteiger partial charge in [-0.3, -0.25) is 9.59 Å². The third kappa shape index (κ3) is 3.73. The number of carbonyl (C=O) groups is 2. The minimum atomic E-state index is -0.228. The molecule has 0 saturated heterocycles. The van der Waals surface area contributed by atoms with Crippen LogP contribution in [-0.2, 0) is 4.79 Å². The molecule has 0 saturated carbocycles. The number of phenols is 1. The number of phenolic OH excluding ortho intramolecular Hbond substituents is 1. The zero-order chi connectivity index (χ0) is 15.3. The molecule has 0 aliphatic rings. The van der Waals surface area contributed by atoms with Gasteiger partial charge in [0, 0.05) is 25.7 Å². The lowest BCUT2D eigenvalue weighted by atomic mass is 10.1. The van der Waals surface area contributed by atoms with Gasteiger partial charge >= 0.3 is 0 Å². The first kappa shape index (κ1) is 16.0. The van der Waals surface area contributed by atoms with Gasteiger partial charge in [-0.15, -0.1) is 0 Å². The number of carbonyl (C=O) groups excluding carboxylic acids is 2. The van der Waals surface area contributed by atoms with Crippen LogP contribution in [0.1, 0.15) is 29.8 Å². The van der Waals surface area contributed by atoms with Crippen molar-refractivity contribution in [2.24, 2.45) is 0 Å². The van der Waals surface area contributed by atoms with Gasteiger partial charge in [-0.1, -0.05) is 0 Å². The minimum absolute atomic E-state index is 0.0560. The molecule has 1 aromatic rings. The zero-order valence-electron chi connectivity index (χ0n) is 12.5. The number of aromatic hydroxyl groups is 1. The van der Waals surface area contributed by atoms with Crippen molar-refractivity contribution in [3.63, 3.8) is 0 Å². The highest BCUT2D eigenvalue weighted by atomic mass is 16.3. The molecule has 1 aromatic carbocycles. The van der Waals surface area contributed by atoms with Gasteiger partial charge in [-0.05, 0) is 44.5 Å². The summed E-state index contributed by atoms with van der Waals surface area (Å²) in [4.78, 5) is 27.3. The number of hydrogen-bond acceptors (Lipinski definition) is 3. The number of rotatable bonds is 5. The van der Waals surface area contributed by atoms with E-state index in [1.165, 1.54) is 11.0 Å². The fourth-order valence-corrected chi connectivity index (χ4v) is 1.96. The van der Waals surface area contributed by atoms with E-state index < -0.39 is 0 Å². The molecule has 2 amide bonds. The highest BCUT2D eigenvalue weighted by Gasteiger charge is 2.18. The Labute approximate surface area is 119 Å². The maximum Gasteiger partial charge on any atom is 0.254 e. The summed E-state index contributed by atoms with van der Waals surface area (Å²) >= 11 is 0.